The van der Waals surface area contributed by atoms with Gasteiger partial charge in [0.05, 0.1) is 0 Å². The summed E-state index contributed by atoms with van der Waals surface area (Å²) in [6.45, 7) is 0. The second-order valence-corrected chi connectivity index (χ2v) is 12.8. The first-order chi connectivity index (χ1) is 13.9. The van der Waals surface area contributed by atoms with Crippen LogP contribution in [0.1, 0.15) is 116 Å². The second-order valence-electron chi connectivity index (χ2n) is 10.9. The van der Waals surface area contributed by atoms with E-state index in [0.717, 1.165) is 36.3 Å². The minimum atomic E-state index is -0.215. The molecule has 3 nitrogen and oxygen atoms in total. The highest BCUT2D eigenvalue weighted by Gasteiger charge is 2.52. The summed E-state index contributed by atoms with van der Waals surface area (Å²) in [5, 5.41) is 0. The average Bonchev–Trinajstić information content (AvgIpc) is 2.35. The fourth-order valence-electron chi connectivity index (χ4n) is 6.04. The molecule has 6 saturated carbocycles. The van der Waals surface area contributed by atoms with Crippen molar-refractivity contribution in [3.8, 4) is 0 Å². The highest BCUT2D eigenvalue weighted by atomic mass is 31.2. The Labute approximate surface area is 174 Å². The van der Waals surface area contributed by atoms with Gasteiger partial charge in [-0.05, 0) is 77.0 Å². The van der Waals surface area contributed by atoms with Crippen molar-refractivity contribution in [1.82, 2.24) is 14.0 Å². The minimum absolute atomic E-state index is 0.215. The van der Waals surface area contributed by atoms with Crippen LogP contribution in [0.2, 0.25) is 0 Å². The fraction of sp³-hybridized carbons (Fsp3) is 1.00. The fourth-order valence-corrected chi connectivity index (χ4v) is 9.89. The van der Waals surface area contributed by atoms with Crippen LogP contribution in [-0.2, 0) is 0 Å². The van der Waals surface area contributed by atoms with Crippen LogP contribution in [-0.4, -0.2) is 50.3 Å². The van der Waals surface area contributed by atoms with E-state index < -0.39 is 0 Å². The SMILES string of the molecule is C1CC(N(C2CCC2)P(N(C2CCC2)C2CCC2)N(C2CCC2)C2CCC2)C1. The summed E-state index contributed by atoms with van der Waals surface area (Å²) in [5.74, 6) is 0. The molecule has 6 aliphatic carbocycles. The topological polar surface area (TPSA) is 9.72 Å². The minimum Gasteiger partial charge on any atom is -0.251 e. The molecule has 0 saturated heterocycles. The smallest absolute Gasteiger partial charge is 0.121 e. The van der Waals surface area contributed by atoms with Crippen LogP contribution in [0.3, 0.4) is 0 Å². The molecule has 0 N–H and O–H groups in total. The van der Waals surface area contributed by atoms with Gasteiger partial charge in [-0.15, -0.1) is 0 Å². The van der Waals surface area contributed by atoms with Crippen LogP contribution in [0.15, 0.2) is 0 Å². The van der Waals surface area contributed by atoms with Crippen molar-refractivity contribution in [2.45, 2.75) is 152 Å². The Morgan fingerprint density at radius 2 is 0.500 bits per heavy atom. The van der Waals surface area contributed by atoms with Crippen molar-refractivity contribution < 1.29 is 0 Å². The molecule has 6 aliphatic rings. The lowest BCUT2D eigenvalue weighted by Crippen LogP contribution is -2.60. The number of nitrogens with zero attached hydrogens (tertiary/aromatic N) is 3. The molecule has 0 atom stereocenters. The molecule has 0 aromatic heterocycles. The maximum atomic E-state index is 3.23. The largest absolute Gasteiger partial charge is 0.251 e. The Hall–Kier alpha value is 0.310. The molecule has 28 heavy (non-hydrogen) atoms. The Morgan fingerprint density at radius 3 is 0.607 bits per heavy atom. The van der Waals surface area contributed by atoms with Crippen LogP contribution in [0.4, 0.5) is 0 Å². The van der Waals surface area contributed by atoms with Gasteiger partial charge in [-0.1, -0.05) is 38.5 Å². The van der Waals surface area contributed by atoms with Crippen molar-refractivity contribution in [2.24, 2.45) is 0 Å². The Balaban J connectivity index is 1.37. The van der Waals surface area contributed by atoms with Gasteiger partial charge in [0.1, 0.15) is 8.37 Å². The van der Waals surface area contributed by atoms with E-state index in [9.17, 15) is 0 Å². The van der Waals surface area contributed by atoms with Crippen molar-refractivity contribution >= 4 is 8.37 Å². The molecule has 0 amide bonds. The molecule has 0 aromatic carbocycles. The molecule has 0 bridgehead atoms. The molecular weight excluding hydrogens is 361 g/mol. The molecular formula is C24H42N3P. The standard InChI is InChI=1S/C24H42N3P/c1-7-19(8-1)25(20-9-2-10-20)28(26(21-11-3-12-21)22-13-4-14-22)27(23-15-5-16-23)24-17-6-18-24/h19-24H,1-18H2. The lowest BCUT2D eigenvalue weighted by molar-refractivity contribution is 0.0455. The quantitative estimate of drug-likeness (QED) is 0.411. The van der Waals surface area contributed by atoms with Crippen molar-refractivity contribution in [1.29, 1.82) is 0 Å². The lowest BCUT2D eigenvalue weighted by Gasteiger charge is -2.63. The molecule has 0 unspecified atom stereocenters. The van der Waals surface area contributed by atoms with E-state index >= 15 is 0 Å². The monoisotopic (exact) mass is 403 g/mol. The van der Waals surface area contributed by atoms with Crippen LogP contribution in [0.25, 0.3) is 0 Å². The van der Waals surface area contributed by atoms with Gasteiger partial charge in [-0.3, -0.25) is 14.0 Å². The Morgan fingerprint density at radius 1 is 0.321 bits per heavy atom. The van der Waals surface area contributed by atoms with Gasteiger partial charge in [0.2, 0.25) is 0 Å². The van der Waals surface area contributed by atoms with Crippen molar-refractivity contribution in [2.75, 3.05) is 0 Å². The zero-order valence-electron chi connectivity index (χ0n) is 18.0. The summed E-state index contributed by atoms with van der Waals surface area (Å²) in [6, 6.07) is 5.59. The molecule has 0 heterocycles. The summed E-state index contributed by atoms with van der Waals surface area (Å²) < 4.78 is 9.70. The van der Waals surface area contributed by atoms with Gasteiger partial charge in [0.25, 0.3) is 0 Å². The molecule has 0 aliphatic heterocycles. The average molecular weight is 404 g/mol. The third-order valence-electron chi connectivity index (χ3n) is 9.31. The van der Waals surface area contributed by atoms with Gasteiger partial charge in [0.15, 0.2) is 0 Å². The van der Waals surface area contributed by atoms with Crippen LogP contribution >= 0.6 is 8.37 Å². The second kappa shape index (κ2) is 8.10. The van der Waals surface area contributed by atoms with E-state index in [-0.39, 0.29) is 8.37 Å². The maximum Gasteiger partial charge on any atom is 0.121 e. The van der Waals surface area contributed by atoms with Gasteiger partial charge >= 0.3 is 0 Å². The van der Waals surface area contributed by atoms with Gasteiger partial charge in [-0.25, -0.2) is 0 Å². The predicted molar refractivity (Wildman–Crippen MR) is 118 cm³/mol. The third kappa shape index (κ3) is 3.22. The van der Waals surface area contributed by atoms with E-state index in [2.05, 4.69) is 14.0 Å². The zero-order valence-corrected chi connectivity index (χ0v) is 18.9. The Bertz CT molecular complexity index is 414. The maximum absolute atomic E-state index is 3.23. The summed E-state index contributed by atoms with van der Waals surface area (Å²) in [5.41, 5.74) is 0. The van der Waals surface area contributed by atoms with Gasteiger partial charge in [-0.2, -0.15) is 0 Å². The highest BCUT2D eigenvalue weighted by Crippen LogP contribution is 2.64. The van der Waals surface area contributed by atoms with Crippen molar-refractivity contribution in [3.63, 3.8) is 0 Å². The zero-order chi connectivity index (χ0) is 18.5. The van der Waals surface area contributed by atoms with E-state index in [0.29, 0.717) is 0 Å². The summed E-state index contributed by atoms with van der Waals surface area (Å²) >= 11 is 0. The van der Waals surface area contributed by atoms with Gasteiger partial charge in [0, 0.05) is 36.3 Å². The first-order valence-electron chi connectivity index (χ1n) is 13.0. The van der Waals surface area contributed by atoms with Crippen LogP contribution < -0.4 is 0 Å². The van der Waals surface area contributed by atoms with E-state index in [4.69, 9.17) is 0 Å². The van der Waals surface area contributed by atoms with Crippen LogP contribution in [0.5, 0.6) is 0 Å². The van der Waals surface area contributed by atoms with Gasteiger partial charge < -0.3 is 0 Å². The third-order valence-corrected chi connectivity index (χ3v) is 12.5. The molecule has 0 aromatic rings. The van der Waals surface area contributed by atoms with E-state index in [1.54, 1.807) is 0 Å². The first kappa shape index (κ1) is 19.0. The molecule has 6 rings (SSSR count). The highest BCUT2D eigenvalue weighted by molar-refractivity contribution is 7.50. The normalized spacial score (nSPS) is 30.9. The van der Waals surface area contributed by atoms with Crippen molar-refractivity contribution in [3.05, 3.63) is 0 Å². The predicted octanol–water partition coefficient (Wildman–Crippen LogP) is 6.43. The van der Waals surface area contributed by atoms with E-state index in [1.165, 1.54) is 116 Å². The molecule has 0 radical (unpaired) electrons. The summed E-state index contributed by atoms with van der Waals surface area (Å²) in [6.07, 6.45) is 27.0. The Kier molecular flexibility index (Phi) is 5.51. The first-order valence-corrected chi connectivity index (χ1v) is 14.2. The van der Waals surface area contributed by atoms with Crippen LogP contribution in [0, 0.1) is 0 Å². The molecule has 0 spiro atoms. The summed E-state index contributed by atoms with van der Waals surface area (Å²) in [4.78, 5) is 0. The molecule has 4 heteroatoms. The molecule has 158 valence electrons. The lowest BCUT2D eigenvalue weighted by atomic mass is 9.87. The number of hydrogen-bond donors (Lipinski definition) is 0. The number of rotatable bonds is 9. The number of hydrogen-bond acceptors (Lipinski definition) is 3. The van der Waals surface area contributed by atoms with E-state index in [1.807, 2.05) is 0 Å². The summed E-state index contributed by atoms with van der Waals surface area (Å²) in [7, 11) is -0.215. The molecule has 6 fully saturated rings.